The minimum absolute atomic E-state index is 0.226. The van der Waals surface area contributed by atoms with Crippen molar-refractivity contribution in [2.45, 2.75) is 44.1 Å². The predicted molar refractivity (Wildman–Crippen MR) is 99.5 cm³/mol. The topological polar surface area (TPSA) is 95.1 Å². The molecular formula is C19H22ClN3O3. The third-order valence-electron chi connectivity index (χ3n) is 4.77. The minimum Gasteiger partial charge on any atom is -0.388 e. The molecule has 0 radical (unpaired) electrons. The molecule has 1 heterocycles. The zero-order chi connectivity index (χ0) is 18.6. The van der Waals surface area contributed by atoms with Gasteiger partial charge in [-0.2, -0.15) is 0 Å². The van der Waals surface area contributed by atoms with E-state index in [1.807, 2.05) is 6.07 Å². The van der Waals surface area contributed by atoms with Gasteiger partial charge in [-0.1, -0.05) is 36.9 Å². The van der Waals surface area contributed by atoms with Crippen molar-refractivity contribution in [2.24, 2.45) is 0 Å². The van der Waals surface area contributed by atoms with Crippen LogP contribution in [0.1, 0.15) is 53.7 Å². The number of hydrogen-bond donors (Lipinski definition) is 3. The van der Waals surface area contributed by atoms with Crippen LogP contribution in [0.5, 0.6) is 0 Å². The number of halogens is 1. The molecule has 1 amide bonds. The molecule has 0 unspecified atom stereocenters. The molecule has 0 saturated heterocycles. The van der Waals surface area contributed by atoms with E-state index in [-0.39, 0.29) is 12.5 Å². The Bertz CT molecular complexity index is 844. The maximum atomic E-state index is 12.5. The van der Waals surface area contributed by atoms with Gasteiger partial charge in [0, 0.05) is 24.9 Å². The normalized spacial score (nSPS) is 16.2. The molecule has 3 N–H and O–H groups in total. The van der Waals surface area contributed by atoms with Crippen LogP contribution in [-0.2, 0) is 6.42 Å². The predicted octanol–water partition coefficient (Wildman–Crippen LogP) is 2.44. The molecular weight excluding hydrogens is 354 g/mol. The minimum atomic E-state index is -0.825. The molecule has 0 spiro atoms. The Balaban J connectivity index is 1.70. The molecule has 7 heteroatoms. The van der Waals surface area contributed by atoms with Crippen molar-refractivity contribution in [1.82, 2.24) is 15.3 Å². The summed E-state index contributed by atoms with van der Waals surface area (Å²) in [6.07, 6.45) is 6.40. The maximum absolute atomic E-state index is 12.5. The Labute approximate surface area is 156 Å². The third-order valence-corrected chi connectivity index (χ3v) is 5.10. The molecule has 0 bridgehead atoms. The molecule has 3 rings (SSSR count). The highest BCUT2D eigenvalue weighted by Crippen LogP contribution is 2.27. The van der Waals surface area contributed by atoms with Gasteiger partial charge in [-0.05, 0) is 36.6 Å². The van der Waals surface area contributed by atoms with Gasteiger partial charge in [0.2, 0.25) is 0 Å². The van der Waals surface area contributed by atoms with Crippen LogP contribution in [0.25, 0.3) is 0 Å². The Kier molecular flexibility index (Phi) is 5.74. The van der Waals surface area contributed by atoms with Crippen molar-refractivity contribution >= 4 is 17.5 Å². The number of benzene rings is 1. The molecule has 0 atom stereocenters. The number of amides is 1. The zero-order valence-electron chi connectivity index (χ0n) is 14.4. The number of aliphatic hydroxyl groups is 1. The fraction of sp³-hybridized carbons (Fsp3) is 0.421. The van der Waals surface area contributed by atoms with E-state index in [0.29, 0.717) is 35.5 Å². The van der Waals surface area contributed by atoms with Crippen LogP contribution in [0.4, 0.5) is 0 Å². The summed E-state index contributed by atoms with van der Waals surface area (Å²) in [7, 11) is 0. The molecule has 1 aliphatic carbocycles. The third kappa shape index (κ3) is 4.71. The Morgan fingerprint density at radius 3 is 2.77 bits per heavy atom. The number of aromatic nitrogens is 2. The zero-order valence-corrected chi connectivity index (χ0v) is 15.2. The number of carbonyl (C=O) groups is 1. The first kappa shape index (κ1) is 18.6. The molecule has 1 fully saturated rings. The van der Waals surface area contributed by atoms with E-state index in [1.165, 1.54) is 6.20 Å². The van der Waals surface area contributed by atoms with Crippen molar-refractivity contribution in [3.05, 3.63) is 62.8 Å². The maximum Gasteiger partial charge on any atom is 0.345 e. The monoisotopic (exact) mass is 375 g/mol. The van der Waals surface area contributed by atoms with Gasteiger partial charge in [-0.15, -0.1) is 0 Å². The van der Waals surface area contributed by atoms with Crippen molar-refractivity contribution < 1.29 is 9.90 Å². The first-order valence-electron chi connectivity index (χ1n) is 8.78. The van der Waals surface area contributed by atoms with Crippen molar-refractivity contribution in [3.8, 4) is 0 Å². The average molecular weight is 376 g/mol. The van der Waals surface area contributed by atoms with Crippen molar-refractivity contribution in [3.63, 3.8) is 0 Å². The molecule has 0 aliphatic heterocycles. The fourth-order valence-corrected chi connectivity index (χ4v) is 3.52. The first-order valence-corrected chi connectivity index (χ1v) is 9.16. The SMILES string of the molecule is O=C(NCC1(O)CCCCC1)c1cc(Cc2ccnc(=O)[nH]2)ccc1Cl. The van der Waals surface area contributed by atoms with Gasteiger partial charge in [-0.25, -0.2) is 9.78 Å². The second-order valence-corrected chi connectivity index (χ2v) is 7.27. The summed E-state index contributed by atoms with van der Waals surface area (Å²) in [6.45, 7) is 0.226. The van der Waals surface area contributed by atoms with E-state index in [2.05, 4.69) is 15.3 Å². The molecule has 138 valence electrons. The summed E-state index contributed by atoms with van der Waals surface area (Å²) >= 11 is 6.18. The van der Waals surface area contributed by atoms with Gasteiger partial charge < -0.3 is 15.4 Å². The van der Waals surface area contributed by atoms with Gasteiger partial charge in [0.05, 0.1) is 16.2 Å². The quantitative estimate of drug-likeness (QED) is 0.748. The number of H-pyrrole nitrogens is 1. The summed E-state index contributed by atoms with van der Waals surface area (Å²) in [5, 5.41) is 13.7. The summed E-state index contributed by atoms with van der Waals surface area (Å²) in [6, 6.07) is 6.91. The smallest absolute Gasteiger partial charge is 0.345 e. The lowest BCUT2D eigenvalue weighted by molar-refractivity contribution is 0.00526. The highest BCUT2D eigenvalue weighted by atomic mass is 35.5. The van der Waals surface area contributed by atoms with Gasteiger partial charge in [0.1, 0.15) is 0 Å². The molecule has 1 aliphatic rings. The lowest BCUT2D eigenvalue weighted by Gasteiger charge is -2.32. The van der Waals surface area contributed by atoms with Crippen molar-refractivity contribution in [2.75, 3.05) is 6.54 Å². The average Bonchev–Trinajstić information content (AvgIpc) is 2.62. The Morgan fingerprint density at radius 1 is 1.27 bits per heavy atom. The fourth-order valence-electron chi connectivity index (χ4n) is 3.31. The number of aromatic amines is 1. The number of hydrogen-bond acceptors (Lipinski definition) is 4. The highest BCUT2D eigenvalue weighted by molar-refractivity contribution is 6.33. The lowest BCUT2D eigenvalue weighted by atomic mass is 9.85. The van der Waals surface area contributed by atoms with E-state index in [0.717, 1.165) is 24.8 Å². The Hall–Kier alpha value is -2.18. The number of nitrogens with one attached hydrogen (secondary N) is 2. The van der Waals surface area contributed by atoms with Crippen LogP contribution >= 0.6 is 11.6 Å². The highest BCUT2D eigenvalue weighted by Gasteiger charge is 2.29. The number of rotatable bonds is 5. The number of carbonyl (C=O) groups excluding carboxylic acids is 1. The lowest BCUT2D eigenvalue weighted by Crippen LogP contribution is -2.44. The van der Waals surface area contributed by atoms with Crippen LogP contribution < -0.4 is 11.0 Å². The van der Waals surface area contributed by atoms with E-state index >= 15 is 0 Å². The van der Waals surface area contributed by atoms with Gasteiger partial charge in [-0.3, -0.25) is 4.79 Å². The summed E-state index contributed by atoms with van der Waals surface area (Å²) < 4.78 is 0. The van der Waals surface area contributed by atoms with Gasteiger partial charge in [0.25, 0.3) is 5.91 Å². The first-order chi connectivity index (χ1) is 12.5. The molecule has 26 heavy (non-hydrogen) atoms. The van der Waals surface area contributed by atoms with E-state index < -0.39 is 11.3 Å². The van der Waals surface area contributed by atoms with Crippen LogP contribution in [0.2, 0.25) is 5.02 Å². The van der Waals surface area contributed by atoms with E-state index in [1.54, 1.807) is 18.2 Å². The summed E-state index contributed by atoms with van der Waals surface area (Å²) in [4.78, 5) is 30.1. The van der Waals surface area contributed by atoms with Gasteiger partial charge >= 0.3 is 5.69 Å². The van der Waals surface area contributed by atoms with Gasteiger partial charge in [0.15, 0.2) is 0 Å². The van der Waals surface area contributed by atoms with Crippen LogP contribution in [-0.4, -0.2) is 33.1 Å². The number of nitrogens with zero attached hydrogens (tertiary/aromatic N) is 1. The van der Waals surface area contributed by atoms with Crippen LogP contribution in [0, 0.1) is 0 Å². The molecule has 1 saturated carbocycles. The molecule has 1 aromatic carbocycles. The van der Waals surface area contributed by atoms with E-state index in [9.17, 15) is 14.7 Å². The second-order valence-electron chi connectivity index (χ2n) is 6.86. The van der Waals surface area contributed by atoms with Crippen LogP contribution in [0.15, 0.2) is 35.3 Å². The largest absolute Gasteiger partial charge is 0.388 e. The van der Waals surface area contributed by atoms with Crippen molar-refractivity contribution in [1.29, 1.82) is 0 Å². The molecule has 2 aromatic rings. The standard InChI is InChI=1S/C19H22ClN3O3/c20-16-5-4-13(10-14-6-9-21-18(25)23-14)11-15(16)17(24)22-12-19(26)7-2-1-3-8-19/h4-6,9,11,26H,1-3,7-8,10,12H2,(H,22,24)(H,21,23,25). The van der Waals surface area contributed by atoms with Crippen LogP contribution in [0.3, 0.4) is 0 Å². The summed E-state index contributed by atoms with van der Waals surface area (Å²) in [5.41, 5.74) is 0.678. The summed E-state index contributed by atoms with van der Waals surface area (Å²) in [5.74, 6) is -0.306. The van der Waals surface area contributed by atoms with E-state index in [4.69, 9.17) is 11.6 Å². The molecule has 1 aromatic heterocycles. The Morgan fingerprint density at radius 2 is 2.04 bits per heavy atom. The second kappa shape index (κ2) is 8.01. The molecule has 6 nitrogen and oxygen atoms in total.